The van der Waals surface area contributed by atoms with Crippen LogP contribution in [0.15, 0.2) is 64.4 Å². The number of rotatable bonds is 3. The van der Waals surface area contributed by atoms with Crippen LogP contribution in [-0.4, -0.2) is 37.2 Å². The summed E-state index contributed by atoms with van der Waals surface area (Å²) in [6.07, 6.45) is -1.15. The minimum Gasteiger partial charge on any atom is -0.508 e. The normalized spacial score (nSPS) is 20.4. The lowest BCUT2D eigenvalue weighted by Crippen LogP contribution is -2.52. The molecule has 0 radical (unpaired) electrons. The minimum atomic E-state index is -1.15. The predicted molar refractivity (Wildman–Crippen MR) is 105 cm³/mol. The molecular weight excluding hydrogens is 358 g/mol. The van der Waals surface area contributed by atoms with Crippen molar-refractivity contribution in [3.63, 3.8) is 0 Å². The molecule has 0 spiro atoms. The van der Waals surface area contributed by atoms with Crippen molar-refractivity contribution in [2.75, 3.05) is 0 Å². The number of aliphatic imine (C=N–C) groups is 1. The van der Waals surface area contributed by atoms with Gasteiger partial charge in [-0.2, -0.15) is 0 Å². The van der Waals surface area contributed by atoms with Crippen molar-refractivity contribution in [2.45, 2.75) is 18.9 Å². The molecule has 1 saturated carbocycles. The molecule has 28 heavy (non-hydrogen) atoms. The summed E-state index contributed by atoms with van der Waals surface area (Å²) in [5, 5.41) is 19.9. The first-order chi connectivity index (χ1) is 13.4. The third kappa shape index (κ3) is 2.68. The van der Waals surface area contributed by atoms with E-state index in [4.69, 9.17) is 0 Å². The van der Waals surface area contributed by atoms with Crippen LogP contribution in [0.5, 0.6) is 5.75 Å². The highest BCUT2D eigenvalue weighted by atomic mass is 16.3. The SMILES string of the molecule is Cc1c(C2C(=O)C(=Nc3ccc(O)cc3)C2O)c(=O)n(-c2ccccc2)n1C. The van der Waals surface area contributed by atoms with Crippen molar-refractivity contribution < 1.29 is 15.0 Å². The molecule has 1 heterocycles. The first-order valence-electron chi connectivity index (χ1n) is 8.84. The molecule has 1 fully saturated rings. The number of aromatic hydroxyl groups is 1. The van der Waals surface area contributed by atoms with Crippen LogP contribution in [0, 0.1) is 6.92 Å². The van der Waals surface area contributed by atoms with Crippen LogP contribution in [0.3, 0.4) is 0 Å². The number of para-hydroxylation sites is 1. The topological polar surface area (TPSA) is 96.8 Å². The molecule has 2 N–H and O–H groups in total. The van der Waals surface area contributed by atoms with Gasteiger partial charge in [-0.1, -0.05) is 18.2 Å². The average molecular weight is 377 g/mol. The third-order valence-corrected chi connectivity index (χ3v) is 5.14. The summed E-state index contributed by atoms with van der Waals surface area (Å²) < 4.78 is 3.17. The van der Waals surface area contributed by atoms with E-state index in [1.54, 1.807) is 42.9 Å². The maximum atomic E-state index is 13.1. The molecule has 0 amide bonds. The van der Waals surface area contributed by atoms with E-state index in [2.05, 4.69) is 4.99 Å². The Hall–Kier alpha value is -3.45. The Kier molecular flexibility index (Phi) is 4.24. The molecule has 2 aromatic carbocycles. The van der Waals surface area contributed by atoms with Crippen LogP contribution in [-0.2, 0) is 11.8 Å². The number of phenols is 1. The quantitative estimate of drug-likeness (QED) is 0.729. The fourth-order valence-electron chi connectivity index (χ4n) is 3.53. The zero-order valence-corrected chi connectivity index (χ0v) is 15.4. The third-order valence-electron chi connectivity index (χ3n) is 5.14. The molecular formula is C21H19N3O4. The standard InChI is InChI=1S/C21H19N3O4/c1-12-16(21(28)24(23(12)2)14-6-4-3-5-7-14)17-19(26)18(20(17)27)22-13-8-10-15(25)11-9-13/h3-11,17,19,25-26H,1-2H3. The van der Waals surface area contributed by atoms with Crippen molar-refractivity contribution >= 4 is 17.2 Å². The van der Waals surface area contributed by atoms with Crippen LogP contribution in [0.25, 0.3) is 5.69 Å². The summed E-state index contributed by atoms with van der Waals surface area (Å²) >= 11 is 0. The van der Waals surface area contributed by atoms with Gasteiger partial charge < -0.3 is 10.2 Å². The molecule has 0 saturated heterocycles. The van der Waals surface area contributed by atoms with E-state index < -0.39 is 12.0 Å². The van der Waals surface area contributed by atoms with Gasteiger partial charge in [0.05, 0.1) is 22.9 Å². The number of ketones is 1. The highest BCUT2D eigenvalue weighted by Crippen LogP contribution is 2.34. The van der Waals surface area contributed by atoms with Gasteiger partial charge in [0.25, 0.3) is 5.56 Å². The van der Waals surface area contributed by atoms with Crippen LogP contribution < -0.4 is 5.56 Å². The maximum Gasteiger partial charge on any atom is 0.275 e. The molecule has 7 nitrogen and oxygen atoms in total. The van der Waals surface area contributed by atoms with Crippen molar-refractivity contribution in [1.82, 2.24) is 9.36 Å². The Morgan fingerprint density at radius 1 is 1.00 bits per heavy atom. The van der Waals surface area contributed by atoms with Crippen molar-refractivity contribution in [3.05, 3.63) is 76.2 Å². The lowest BCUT2D eigenvalue weighted by molar-refractivity contribution is -0.120. The Balaban J connectivity index is 1.73. The van der Waals surface area contributed by atoms with E-state index in [1.165, 1.54) is 16.8 Å². The van der Waals surface area contributed by atoms with E-state index in [-0.39, 0.29) is 28.4 Å². The van der Waals surface area contributed by atoms with Crippen molar-refractivity contribution in [1.29, 1.82) is 0 Å². The van der Waals surface area contributed by atoms with Crippen LogP contribution in [0.4, 0.5) is 5.69 Å². The maximum absolute atomic E-state index is 13.1. The van der Waals surface area contributed by atoms with E-state index in [0.717, 1.165) is 0 Å². The van der Waals surface area contributed by atoms with Gasteiger partial charge >= 0.3 is 0 Å². The molecule has 2 unspecified atom stereocenters. The van der Waals surface area contributed by atoms with Crippen LogP contribution in [0.2, 0.25) is 0 Å². The van der Waals surface area contributed by atoms with Gasteiger partial charge in [0.1, 0.15) is 17.6 Å². The number of phenolic OH excluding ortho intramolecular Hbond substituents is 1. The number of hydrogen-bond acceptors (Lipinski definition) is 5. The van der Waals surface area contributed by atoms with Gasteiger partial charge in [-0.05, 0) is 43.3 Å². The molecule has 0 aliphatic heterocycles. The second-order valence-corrected chi connectivity index (χ2v) is 6.78. The summed E-state index contributed by atoms with van der Waals surface area (Å²) in [4.78, 5) is 29.9. The van der Waals surface area contributed by atoms with Gasteiger partial charge in [-0.15, -0.1) is 0 Å². The molecule has 3 aromatic rings. The monoisotopic (exact) mass is 377 g/mol. The van der Waals surface area contributed by atoms with E-state index >= 15 is 0 Å². The Bertz CT molecular complexity index is 1140. The smallest absolute Gasteiger partial charge is 0.275 e. The van der Waals surface area contributed by atoms with Crippen LogP contribution in [0.1, 0.15) is 17.2 Å². The largest absolute Gasteiger partial charge is 0.508 e. The van der Waals surface area contributed by atoms with E-state index in [9.17, 15) is 19.8 Å². The van der Waals surface area contributed by atoms with Crippen molar-refractivity contribution in [3.8, 4) is 11.4 Å². The zero-order chi connectivity index (χ0) is 20.0. The average Bonchev–Trinajstić information content (AvgIpc) is 2.91. The number of benzene rings is 2. The first-order valence-corrected chi connectivity index (χ1v) is 8.84. The molecule has 1 aromatic heterocycles. The van der Waals surface area contributed by atoms with Gasteiger partial charge in [0.15, 0.2) is 5.78 Å². The number of aliphatic hydroxyl groups excluding tert-OH is 1. The molecule has 7 heteroatoms. The van der Waals surface area contributed by atoms with Gasteiger partial charge in [-0.25, -0.2) is 9.67 Å². The van der Waals surface area contributed by atoms with Crippen molar-refractivity contribution in [2.24, 2.45) is 12.0 Å². The summed E-state index contributed by atoms with van der Waals surface area (Å²) in [7, 11) is 1.74. The summed E-state index contributed by atoms with van der Waals surface area (Å²) in [5.74, 6) is -1.21. The lowest BCUT2D eigenvalue weighted by Gasteiger charge is -2.31. The summed E-state index contributed by atoms with van der Waals surface area (Å²) in [6, 6.07) is 15.1. The predicted octanol–water partition coefficient (Wildman–Crippen LogP) is 1.99. The Labute approximate surface area is 160 Å². The molecule has 1 aliphatic rings. The van der Waals surface area contributed by atoms with Crippen LogP contribution >= 0.6 is 0 Å². The number of carbonyl (C=O) groups excluding carboxylic acids is 1. The molecule has 1 aliphatic carbocycles. The zero-order valence-electron chi connectivity index (χ0n) is 15.4. The Morgan fingerprint density at radius 2 is 1.64 bits per heavy atom. The second kappa shape index (κ2) is 6.61. The Morgan fingerprint density at radius 3 is 2.25 bits per heavy atom. The molecule has 0 bridgehead atoms. The fraction of sp³-hybridized carbons (Fsp3) is 0.190. The number of nitrogens with zero attached hydrogens (tertiary/aromatic N) is 3. The van der Waals surface area contributed by atoms with Gasteiger partial charge in [0.2, 0.25) is 0 Å². The van der Waals surface area contributed by atoms with Gasteiger partial charge in [0, 0.05) is 12.7 Å². The van der Waals surface area contributed by atoms with E-state index in [0.29, 0.717) is 17.1 Å². The molecule has 142 valence electrons. The second-order valence-electron chi connectivity index (χ2n) is 6.78. The van der Waals surface area contributed by atoms with E-state index in [1.807, 2.05) is 18.2 Å². The summed E-state index contributed by atoms with van der Waals surface area (Å²) in [6.45, 7) is 1.76. The number of Topliss-reactive ketones (excluding diaryl/α,β-unsaturated/α-hetero) is 1. The highest BCUT2D eigenvalue weighted by Gasteiger charge is 2.49. The highest BCUT2D eigenvalue weighted by molar-refractivity contribution is 6.51. The molecule has 4 rings (SSSR count). The number of hydrogen-bond donors (Lipinski definition) is 2. The number of aromatic nitrogens is 2. The number of carbonyl (C=O) groups is 1. The fourth-order valence-corrected chi connectivity index (χ4v) is 3.53. The first kappa shape index (κ1) is 17.9. The summed E-state index contributed by atoms with van der Waals surface area (Å²) in [5.41, 5.74) is 1.73. The number of aliphatic hydroxyl groups is 1. The molecule has 2 atom stereocenters. The van der Waals surface area contributed by atoms with Gasteiger partial charge in [-0.3, -0.25) is 14.3 Å². The minimum absolute atomic E-state index is 0.0182. The lowest BCUT2D eigenvalue weighted by atomic mass is 9.73.